The molecule has 0 bridgehead atoms. The van der Waals surface area contributed by atoms with Gasteiger partial charge in [-0.25, -0.2) is 4.39 Å². The van der Waals surface area contributed by atoms with Gasteiger partial charge in [-0.05, 0) is 35.7 Å². The Morgan fingerprint density at radius 2 is 2.00 bits per heavy atom. The van der Waals surface area contributed by atoms with E-state index in [1.807, 2.05) is 6.07 Å². The predicted octanol–water partition coefficient (Wildman–Crippen LogP) is 4.92. The molecule has 27 heavy (non-hydrogen) atoms. The van der Waals surface area contributed by atoms with Crippen molar-refractivity contribution in [3.05, 3.63) is 54.1 Å². The van der Waals surface area contributed by atoms with Gasteiger partial charge in [-0.1, -0.05) is 26.0 Å². The van der Waals surface area contributed by atoms with Crippen molar-refractivity contribution in [2.24, 2.45) is 0 Å². The maximum atomic E-state index is 13.5. The summed E-state index contributed by atoms with van der Waals surface area (Å²) in [6.45, 7) is 4.55. The number of H-pyrrole nitrogens is 1. The Hall–Kier alpha value is -3.15. The maximum absolute atomic E-state index is 13.5. The number of nitrogens with one attached hydrogen (secondary N) is 1. The van der Waals surface area contributed by atoms with Crippen LogP contribution in [0.1, 0.15) is 31.9 Å². The third-order valence-electron chi connectivity index (χ3n) is 4.89. The van der Waals surface area contributed by atoms with Crippen LogP contribution in [0.2, 0.25) is 0 Å². The highest BCUT2D eigenvalue weighted by Crippen LogP contribution is 2.40. The molecule has 0 amide bonds. The first-order chi connectivity index (χ1) is 13.0. The summed E-state index contributed by atoms with van der Waals surface area (Å²) in [7, 11) is 0. The van der Waals surface area contributed by atoms with Crippen molar-refractivity contribution in [1.82, 2.24) is 14.8 Å². The molecule has 2 heterocycles. The van der Waals surface area contributed by atoms with Gasteiger partial charge in [0, 0.05) is 28.6 Å². The number of aliphatic carboxylic acids is 1. The summed E-state index contributed by atoms with van der Waals surface area (Å²) >= 11 is 0. The van der Waals surface area contributed by atoms with E-state index in [0.29, 0.717) is 6.54 Å². The first-order valence-electron chi connectivity index (χ1n) is 8.92. The number of aromatic amines is 1. The van der Waals surface area contributed by atoms with Crippen LogP contribution in [-0.4, -0.2) is 25.8 Å². The molecule has 0 spiro atoms. The second kappa shape index (κ2) is 6.54. The quantitative estimate of drug-likeness (QED) is 0.527. The largest absolute Gasteiger partial charge is 0.481 e. The Bertz CT molecular complexity index is 1140. The zero-order chi connectivity index (χ0) is 19.1. The Kier molecular flexibility index (Phi) is 4.18. The highest BCUT2D eigenvalue weighted by Gasteiger charge is 2.22. The topological polar surface area (TPSA) is 70.9 Å². The van der Waals surface area contributed by atoms with Crippen LogP contribution in [0.15, 0.2) is 42.6 Å². The zero-order valence-corrected chi connectivity index (χ0v) is 15.2. The van der Waals surface area contributed by atoms with Gasteiger partial charge < -0.3 is 9.67 Å². The number of rotatable bonds is 5. The molecule has 0 unspecified atom stereocenters. The smallest absolute Gasteiger partial charge is 0.305 e. The third kappa shape index (κ3) is 2.97. The zero-order valence-electron chi connectivity index (χ0n) is 15.2. The standard InChI is InChI=1S/C21H20FN3O2/c1-12(2)21-20(13-3-5-15(22)6-4-13)16-9-14-11-23-24-17(14)10-18(16)25(21)8-7-19(26)27/h3-6,9-12H,7-8H2,1-2H3,(H,23,24)(H,26,27). The van der Waals surface area contributed by atoms with Gasteiger partial charge in [-0.2, -0.15) is 5.10 Å². The molecule has 5 nitrogen and oxygen atoms in total. The van der Waals surface area contributed by atoms with E-state index < -0.39 is 5.97 Å². The van der Waals surface area contributed by atoms with Crippen molar-refractivity contribution in [3.63, 3.8) is 0 Å². The molecule has 2 aromatic carbocycles. The fourth-order valence-electron chi connectivity index (χ4n) is 3.77. The molecule has 0 fully saturated rings. The Morgan fingerprint density at radius 3 is 2.67 bits per heavy atom. The summed E-state index contributed by atoms with van der Waals surface area (Å²) in [5.41, 5.74) is 4.85. The number of benzene rings is 2. The van der Waals surface area contributed by atoms with E-state index >= 15 is 0 Å². The fraction of sp³-hybridized carbons (Fsp3) is 0.238. The van der Waals surface area contributed by atoms with Gasteiger partial charge in [-0.15, -0.1) is 0 Å². The van der Waals surface area contributed by atoms with Crippen LogP contribution in [0.4, 0.5) is 4.39 Å². The molecule has 0 aliphatic rings. The lowest BCUT2D eigenvalue weighted by Crippen LogP contribution is -2.09. The van der Waals surface area contributed by atoms with Gasteiger partial charge in [0.05, 0.1) is 23.7 Å². The van der Waals surface area contributed by atoms with E-state index in [0.717, 1.165) is 38.6 Å². The number of carboxylic acids is 1. The highest BCUT2D eigenvalue weighted by molar-refractivity contribution is 6.05. The molecule has 2 N–H and O–H groups in total. The minimum absolute atomic E-state index is 0.0351. The molecule has 138 valence electrons. The van der Waals surface area contributed by atoms with Crippen LogP contribution in [0.5, 0.6) is 0 Å². The van der Waals surface area contributed by atoms with E-state index in [2.05, 4.69) is 34.7 Å². The van der Waals surface area contributed by atoms with Gasteiger partial charge in [0.15, 0.2) is 0 Å². The summed E-state index contributed by atoms with van der Waals surface area (Å²) in [6.07, 6.45) is 1.81. The lowest BCUT2D eigenvalue weighted by molar-refractivity contribution is -0.137. The molecule has 0 radical (unpaired) electrons. The van der Waals surface area contributed by atoms with Crippen LogP contribution in [0.25, 0.3) is 32.9 Å². The number of carbonyl (C=O) groups is 1. The van der Waals surface area contributed by atoms with Crippen LogP contribution < -0.4 is 0 Å². The number of carboxylic acid groups (broad SMARTS) is 1. The van der Waals surface area contributed by atoms with E-state index in [1.165, 1.54) is 12.1 Å². The normalized spacial score (nSPS) is 11.7. The molecule has 0 aliphatic heterocycles. The summed E-state index contributed by atoms with van der Waals surface area (Å²) in [5, 5.41) is 18.3. The predicted molar refractivity (Wildman–Crippen MR) is 103 cm³/mol. The Morgan fingerprint density at radius 1 is 1.26 bits per heavy atom. The first kappa shape index (κ1) is 17.3. The average molecular weight is 365 g/mol. The van der Waals surface area contributed by atoms with Crippen molar-refractivity contribution in [2.75, 3.05) is 0 Å². The van der Waals surface area contributed by atoms with Crippen molar-refractivity contribution in [2.45, 2.75) is 32.7 Å². The number of nitrogens with zero attached hydrogens (tertiary/aromatic N) is 2. The Balaban J connectivity index is 2.07. The number of aromatic nitrogens is 3. The number of hydrogen-bond acceptors (Lipinski definition) is 2. The molecule has 0 atom stereocenters. The number of hydrogen-bond donors (Lipinski definition) is 2. The summed E-state index contributed by atoms with van der Waals surface area (Å²) in [6, 6.07) is 10.5. The van der Waals surface area contributed by atoms with Gasteiger partial charge >= 0.3 is 5.97 Å². The molecule has 6 heteroatoms. The summed E-state index contributed by atoms with van der Waals surface area (Å²) < 4.78 is 15.6. The van der Waals surface area contributed by atoms with Gasteiger partial charge in [-0.3, -0.25) is 9.89 Å². The van der Waals surface area contributed by atoms with Crippen LogP contribution in [-0.2, 0) is 11.3 Å². The number of halogens is 1. The lowest BCUT2D eigenvalue weighted by atomic mass is 9.96. The van der Waals surface area contributed by atoms with Gasteiger partial charge in [0.1, 0.15) is 5.82 Å². The second-order valence-corrected chi connectivity index (χ2v) is 7.04. The van der Waals surface area contributed by atoms with E-state index in [9.17, 15) is 14.3 Å². The monoisotopic (exact) mass is 365 g/mol. The summed E-state index contributed by atoms with van der Waals surface area (Å²) in [4.78, 5) is 11.2. The van der Waals surface area contributed by atoms with E-state index in [4.69, 9.17) is 0 Å². The van der Waals surface area contributed by atoms with E-state index in [1.54, 1.807) is 18.3 Å². The van der Waals surface area contributed by atoms with Crippen LogP contribution in [0, 0.1) is 5.82 Å². The minimum atomic E-state index is -0.836. The molecule has 0 saturated heterocycles. The fourth-order valence-corrected chi connectivity index (χ4v) is 3.77. The van der Waals surface area contributed by atoms with Gasteiger partial charge in [0.25, 0.3) is 0 Å². The first-order valence-corrected chi connectivity index (χ1v) is 8.92. The highest BCUT2D eigenvalue weighted by atomic mass is 19.1. The van der Waals surface area contributed by atoms with Crippen LogP contribution in [0.3, 0.4) is 0 Å². The van der Waals surface area contributed by atoms with Crippen molar-refractivity contribution in [3.8, 4) is 11.1 Å². The molecule has 0 saturated carbocycles. The van der Waals surface area contributed by atoms with Crippen molar-refractivity contribution in [1.29, 1.82) is 0 Å². The third-order valence-corrected chi connectivity index (χ3v) is 4.89. The molecule has 0 aliphatic carbocycles. The maximum Gasteiger partial charge on any atom is 0.305 e. The SMILES string of the molecule is CC(C)c1c(-c2ccc(F)cc2)c2cc3cn[nH]c3cc2n1CCC(=O)O. The summed E-state index contributed by atoms with van der Waals surface area (Å²) in [5.74, 6) is -0.947. The molecular weight excluding hydrogens is 345 g/mol. The molecule has 4 aromatic rings. The molecule has 4 rings (SSSR count). The minimum Gasteiger partial charge on any atom is -0.481 e. The van der Waals surface area contributed by atoms with E-state index in [-0.39, 0.29) is 18.2 Å². The van der Waals surface area contributed by atoms with Crippen LogP contribution >= 0.6 is 0 Å². The number of fused-ring (bicyclic) bond motifs is 2. The Labute approximate surface area is 155 Å². The molecular formula is C21H20FN3O2. The molecule has 2 aromatic heterocycles. The second-order valence-electron chi connectivity index (χ2n) is 7.04. The number of aryl methyl sites for hydroxylation is 1. The van der Waals surface area contributed by atoms with Crippen molar-refractivity contribution >= 4 is 27.8 Å². The average Bonchev–Trinajstić information content (AvgIpc) is 3.20. The van der Waals surface area contributed by atoms with Crippen molar-refractivity contribution < 1.29 is 14.3 Å². The lowest BCUT2D eigenvalue weighted by Gasteiger charge is -2.15. The van der Waals surface area contributed by atoms with Gasteiger partial charge in [0.2, 0.25) is 0 Å².